The first-order valence-electron chi connectivity index (χ1n) is 8.21. The Morgan fingerprint density at radius 2 is 2.19 bits per heavy atom. The summed E-state index contributed by atoms with van der Waals surface area (Å²) in [4.78, 5) is 35.7. The highest BCUT2D eigenvalue weighted by Gasteiger charge is 2.23. The van der Waals surface area contributed by atoms with Gasteiger partial charge in [-0.05, 0) is 25.0 Å². The summed E-state index contributed by atoms with van der Waals surface area (Å²) in [7, 11) is 0. The molecule has 3 heterocycles. The van der Waals surface area contributed by atoms with Crippen molar-refractivity contribution in [3.05, 3.63) is 45.5 Å². The number of aromatic amines is 1. The molecule has 134 valence electrons. The van der Waals surface area contributed by atoms with E-state index < -0.39 is 5.91 Å². The van der Waals surface area contributed by atoms with E-state index >= 15 is 0 Å². The molecule has 3 aromatic rings. The molecular formula is C17H16ClN5O3. The van der Waals surface area contributed by atoms with Crippen molar-refractivity contribution in [3.8, 4) is 11.4 Å². The van der Waals surface area contributed by atoms with Crippen LogP contribution in [0.15, 0.2) is 29.1 Å². The summed E-state index contributed by atoms with van der Waals surface area (Å²) in [5.41, 5.74) is 6.12. The number of carbonyl (C=O) groups excluding carboxylic acids is 1. The SMILES string of the molecule is NC(=O)c1nc(-c2ccccc2Cl)nc2c1[nH]c(=O)n2CC1CCCO1. The number of ether oxygens (including phenoxy) is 1. The van der Waals surface area contributed by atoms with Crippen molar-refractivity contribution < 1.29 is 9.53 Å². The molecule has 26 heavy (non-hydrogen) atoms. The fourth-order valence-electron chi connectivity index (χ4n) is 3.13. The van der Waals surface area contributed by atoms with Gasteiger partial charge < -0.3 is 15.5 Å². The van der Waals surface area contributed by atoms with Crippen molar-refractivity contribution in [1.82, 2.24) is 19.5 Å². The van der Waals surface area contributed by atoms with Gasteiger partial charge in [0, 0.05) is 12.2 Å². The number of carbonyl (C=O) groups is 1. The van der Waals surface area contributed by atoms with Gasteiger partial charge >= 0.3 is 5.69 Å². The Hall–Kier alpha value is -2.71. The number of hydrogen-bond acceptors (Lipinski definition) is 5. The third kappa shape index (κ3) is 2.87. The van der Waals surface area contributed by atoms with Gasteiger partial charge in [0.05, 0.1) is 17.7 Å². The van der Waals surface area contributed by atoms with Crippen molar-refractivity contribution in [2.45, 2.75) is 25.5 Å². The minimum absolute atomic E-state index is 0.0480. The van der Waals surface area contributed by atoms with Crippen LogP contribution in [0.5, 0.6) is 0 Å². The van der Waals surface area contributed by atoms with Crippen LogP contribution in [-0.2, 0) is 11.3 Å². The van der Waals surface area contributed by atoms with Crippen LogP contribution in [0.2, 0.25) is 5.02 Å². The number of rotatable bonds is 4. The van der Waals surface area contributed by atoms with Crippen molar-refractivity contribution in [1.29, 1.82) is 0 Å². The summed E-state index contributed by atoms with van der Waals surface area (Å²) in [6.07, 6.45) is 1.75. The normalized spacial score (nSPS) is 17.0. The summed E-state index contributed by atoms with van der Waals surface area (Å²) in [6, 6.07) is 7.01. The van der Waals surface area contributed by atoms with Gasteiger partial charge in [0.2, 0.25) is 0 Å². The maximum absolute atomic E-state index is 12.4. The lowest BCUT2D eigenvalue weighted by molar-refractivity contribution is 0.0970. The lowest BCUT2D eigenvalue weighted by Crippen LogP contribution is -2.24. The Bertz CT molecular complexity index is 1050. The predicted molar refractivity (Wildman–Crippen MR) is 96.1 cm³/mol. The monoisotopic (exact) mass is 373 g/mol. The van der Waals surface area contributed by atoms with E-state index in [2.05, 4.69) is 15.0 Å². The Morgan fingerprint density at radius 1 is 1.38 bits per heavy atom. The number of imidazole rings is 1. The summed E-state index contributed by atoms with van der Waals surface area (Å²) >= 11 is 6.23. The number of hydrogen-bond donors (Lipinski definition) is 2. The molecule has 1 saturated heterocycles. The van der Waals surface area contributed by atoms with Crippen LogP contribution in [-0.4, -0.2) is 38.1 Å². The molecule has 0 bridgehead atoms. The van der Waals surface area contributed by atoms with Crippen LogP contribution < -0.4 is 11.4 Å². The summed E-state index contributed by atoms with van der Waals surface area (Å²) < 4.78 is 7.07. The van der Waals surface area contributed by atoms with Crippen molar-refractivity contribution >= 4 is 28.7 Å². The average Bonchev–Trinajstić information content (AvgIpc) is 3.23. The van der Waals surface area contributed by atoms with Gasteiger partial charge in [-0.1, -0.05) is 23.7 Å². The molecule has 8 nitrogen and oxygen atoms in total. The quantitative estimate of drug-likeness (QED) is 0.722. The molecule has 1 fully saturated rings. The third-order valence-corrected chi connectivity index (χ3v) is 4.71. The number of aromatic nitrogens is 4. The maximum atomic E-state index is 12.4. The second-order valence-corrected chi connectivity index (χ2v) is 6.52. The number of nitrogens with one attached hydrogen (secondary N) is 1. The number of primary amides is 1. The highest BCUT2D eigenvalue weighted by Crippen LogP contribution is 2.27. The number of nitrogens with zero attached hydrogens (tertiary/aromatic N) is 3. The first-order valence-corrected chi connectivity index (χ1v) is 8.59. The number of nitrogens with two attached hydrogens (primary N) is 1. The second kappa shape index (κ2) is 6.54. The van der Waals surface area contributed by atoms with Crippen LogP contribution >= 0.6 is 11.6 Å². The largest absolute Gasteiger partial charge is 0.376 e. The number of halogens is 1. The smallest absolute Gasteiger partial charge is 0.327 e. The molecular weight excluding hydrogens is 358 g/mol. The minimum Gasteiger partial charge on any atom is -0.376 e. The molecule has 3 N–H and O–H groups in total. The minimum atomic E-state index is -0.754. The molecule has 1 aromatic carbocycles. The lowest BCUT2D eigenvalue weighted by atomic mass is 10.2. The fourth-order valence-corrected chi connectivity index (χ4v) is 3.35. The van der Waals surface area contributed by atoms with Crippen LogP contribution in [0.1, 0.15) is 23.3 Å². The van der Waals surface area contributed by atoms with Crippen molar-refractivity contribution in [3.63, 3.8) is 0 Å². The second-order valence-electron chi connectivity index (χ2n) is 6.11. The molecule has 0 radical (unpaired) electrons. The van der Waals surface area contributed by atoms with E-state index in [1.807, 2.05) is 0 Å². The fraction of sp³-hybridized carbons (Fsp3) is 0.294. The zero-order valence-corrected chi connectivity index (χ0v) is 14.5. The predicted octanol–water partition coefficient (Wildman–Crippen LogP) is 1.72. The molecule has 2 aromatic heterocycles. The van der Waals surface area contributed by atoms with Crippen LogP contribution in [0.4, 0.5) is 0 Å². The van der Waals surface area contributed by atoms with Gasteiger partial charge in [-0.3, -0.25) is 9.36 Å². The molecule has 1 unspecified atom stereocenters. The highest BCUT2D eigenvalue weighted by atomic mass is 35.5. The first-order chi connectivity index (χ1) is 12.5. The Morgan fingerprint density at radius 3 is 2.88 bits per heavy atom. The summed E-state index contributed by atoms with van der Waals surface area (Å²) in [5, 5.41) is 0.436. The van der Waals surface area contributed by atoms with Gasteiger partial charge in [0.25, 0.3) is 5.91 Å². The summed E-state index contributed by atoms with van der Waals surface area (Å²) in [6.45, 7) is 1.02. The number of fused-ring (bicyclic) bond motifs is 1. The number of benzene rings is 1. The van der Waals surface area contributed by atoms with Gasteiger partial charge in [0.15, 0.2) is 17.2 Å². The van der Waals surface area contributed by atoms with Crippen LogP contribution in [0.3, 0.4) is 0 Å². The van der Waals surface area contributed by atoms with Crippen molar-refractivity contribution in [2.75, 3.05) is 6.61 Å². The number of H-pyrrole nitrogens is 1. The van der Waals surface area contributed by atoms with E-state index in [1.165, 1.54) is 4.57 Å². The zero-order valence-electron chi connectivity index (χ0n) is 13.7. The zero-order chi connectivity index (χ0) is 18.3. The molecule has 0 aliphatic carbocycles. The van der Waals surface area contributed by atoms with E-state index in [0.29, 0.717) is 29.4 Å². The molecule has 4 rings (SSSR count). The lowest BCUT2D eigenvalue weighted by Gasteiger charge is -2.11. The molecule has 0 spiro atoms. The van der Waals surface area contributed by atoms with Gasteiger partial charge in [-0.25, -0.2) is 14.8 Å². The topological polar surface area (TPSA) is 116 Å². The average molecular weight is 374 g/mol. The molecule has 9 heteroatoms. The van der Waals surface area contributed by atoms with Gasteiger partial charge in [-0.15, -0.1) is 0 Å². The summed E-state index contributed by atoms with van der Waals surface area (Å²) in [5.74, 6) is -0.520. The molecule has 1 amide bonds. The molecule has 1 aliphatic heterocycles. The van der Waals surface area contributed by atoms with E-state index in [-0.39, 0.29) is 28.8 Å². The van der Waals surface area contributed by atoms with E-state index in [4.69, 9.17) is 22.1 Å². The third-order valence-electron chi connectivity index (χ3n) is 4.38. The van der Waals surface area contributed by atoms with Gasteiger partial charge in [-0.2, -0.15) is 0 Å². The Kier molecular flexibility index (Phi) is 4.21. The van der Waals surface area contributed by atoms with Gasteiger partial charge in [0.1, 0.15) is 5.52 Å². The number of amides is 1. The van der Waals surface area contributed by atoms with E-state index in [1.54, 1.807) is 24.3 Å². The maximum Gasteiger partial charge on any atom is 0.327 e. The highest BCUT2D eigenvalue weighted by molar-refractivity contribution is 6.33. The van der Waals surface area contributed by atoms with Crippen LogP contribution in [0.25, 0.3) is 22.6 Å². The first kappa shape index (κ1) is 16.7. The molecule has 0 saturated carbocycles. The standard InChI is InChI=1S/C17H16ClN5O3/c18-11-6-2-1-5-10(11)15-20-12(14(19)24)13-16(22-15)23(17(25)21-13)8-9-4-3-7-26-9/h1-2,5-6,9H,3-4,7-8H2,(H2,19,24)(H,21,25). The Labute approximate surface area is 153 Å². The van der Waals surface area contributed by atoms with Crippen molar-refractivity contribution in [2.24, 2.45) is 5.73 Å². The molecule has 1 aliphatic rings. The Balaban J connectivity index is 1.93. The molecule has 1 atom stereocenters. The van der Waals surface area contributed by atoms with E-state index in [9.17, 15) is 9.59 Å². The van der Waals surface area contributed by atoms with E-state index in [0.717, 1.165) is 12.8 Å². The van der Waals surface area contributed by atoms with Crippen LogP contribution in [0, 0.1) is 0 Å².